The van der Waals surface area contributed by atoms with Crippen molar-refractivity contribution in [3.63, 3.8) is 0 Å². The largest absolute Gasteiger partial charge is 0.312 e. The molecule has 0 amide bonds. The van der Waals surface area contributed by atoms with Gasteiger partial charge in [0.25, 0.3) is 0 Å². The monoisotopic (exact) mass is 239 g/mol. The Morgan fingerprint density at radius 3 is 2.69 bits per heavy atom. The number of hydrogen-bond acceptors (Lipinski definition) is 4. The van der Waals surface area contributed by atoms with Crippen molar-refractivity contribution < 1.29 is 0 Å². The van der Waals surface area contributed by atoms with Crippen LogP contribution in [0, 0.1) is 11.8 Å². The summed E-state index contributed by atoms with van der Waals surface area (Å²) >= 11 is 1.53. The van der Waals surface area contributed by atoms with Crippen molar-refractivity contribution in [2.24, 2.45) is 11.8 Å². The first-order chi connectivity index (χ1) is 7.85. The van der Waals surface area contributed by atoms with Crippen LogP contribution in [0.15, 0.2) is 6.20 Å². The Balaban J connectivity index is 1.96. The van der Waals surface area contributed by atoms with E-state index < -0.39 is 0 Å². The predicted octanol–water partition coefficient (Wildman–Crippen LogP) is 3.02. The maximum Gasteiger partial charge on any atom is 0.0669 e. The van der Waals surface area contributed by atoms with Gasteiger partial charge in [-0.05, 0) is 43.3 Å². The van der Waals surface area contributed by atoms with E-state index in [1.807, 2.05) is 6.20 Å². The molecule has 0 radical (unpaired) electrons. The fraction of sp³-hybridized carbons (Fsp3) is 0.833. The average Bonchev–Trinajstić information content (AvgIpc) is 2.85. The third-order valence-electron chi connectivity index (χ3n) is 3.94. The molecule has 4 heteroatoms. The molecule has 16 heavy (non-hydrogen) atoms. The van der Waals surface area contributed by atoms with E-state index in [-0.39, 0.29) is 0 Å². The molecule has 0 aromatic carbocycles. The second kappa shape index (κ2) is 5.73. The van der Waals surface area contributed by atoms with Crippen LogP contribution in [0.1, 0.15) is 49.9 Å². The molecule has 1 atom stereocenters. The lowest BCUT2D eigenvalue weighted by atomic mass is 9.77. The highest BCUT2D eigenvalue weighted by atomic mass is 32.1. The molecule has 1 saturated carbocycles. The summed E-state index contributed by atoms with van der Waals surface area (Å²) in [6.07, 6.45) is 8.75. The molecule has 0 aliphatic heterocycles. The van der Waals surface area contributed by atoms with Crippen molar-refractivity contribution in [3.8, 4) is 0 Å². The van der Waals surface area contributed by atoms with E-state index in [4.69, 9.17) is 0 Å². The van der Waals surface area contributed by atoms with Crippen molar-refractivity contribution in [2.45, 2.75) is 45.1 Å². The Morgan fingerprint density at radius 1 is 1.44 bits per heavy atom. The Labute approximate surface area is 102 Å². The van der Waals surface area contributed by atoms with Gasteiger partial charge in [0.15, 0.2) is 0 Å². The molecule has 90 valence electrons. The molecule has 1 fully saturated rings. The Kier molecular flexibility index (Phi) is 4.29. The Morgan fingerprint density at radius 2 is 2.19 bits per heavy atom. The van der Waals surface area contributed by atoms with Gasteiger partial charge in [-0.3, -0.25) is 0 Å². The summed E-state index contributed by atoms with van der Waals surface area (Å²) in [6.45, 7) is 2.31. The smallest absolute Gasteiger partial charge is 0.0669 e. The summed E-state index contributed by atoms with van der Waals surface area (Å²) in [4.78, 5) is 1.29. The molecule has 3 nitrogen and oxygen atoms in total. The third-order valence-corrected chi connectivity index (χ3v) is 4.68. The summed E-state index contributed by atoms with van der Waals surface area (Å²) < 4.78 is 3.97. The zero-order chi connectivity index (χ0) is 11.4. The van der Waals surface area contributed by atoms with Crippen molar-refractivity contribution in [3.05, 3.63) is 11.1 Å². The van der Waals surface area contributed by atoms with Crippen molar-refractivity contribution in [1.29, 1.82) is 0 Å². The zero-order valence-electron chi connectivity index (χ0n) is 10.1. The first-order valence-corrected chi connectivity index (χ1v) is 7.07. The van der Waals surface area contributed by atoms with Crippen molar-refractivity contribution >= 4 is 11.5 Å². The van der Waals surface area contributed by atoms with Gasteiger partial charge in [0.1, 0.15) is 0 Å². The van der Waals surface area contributed by atoms with Gasteiger partial charge in [-0.25, -0.2) is 0 Å². The highest BCUT2D eigenvalue weighted by Gasteiger charge is 2.28. The van der Waals surface area contributed by atoms with E-state index >= 15 is 0 Å². The fourth-order valence-corrected chi connectivity index (χ4v) is 3.56. The third kappa shape index (κ3) is 2.61. The highest BCUT2D eigenvalue weighted by molar-refractivity contribution is 7.05. The summed E-state index contributed by atoms with van der Waals surface area (Å²) in [5.41, 5.74) is 0. The Hall–Kier alpha value is -0.480. The SMILES string of the molecule is CCC1CCC(C(NC)c2cnns2)CC1. The van der Waals surface area contributed by atoms with E-state index in [0.29, 0.717) is 6.04 Å². The second-order valence-electron chi connectivity index (χ2n) is 4.78. The standard InChI is InChI=1S/C12H21N3S/c1-3-9-4-6-10(7-5-9)12(13-2)11-8-14-15-16-11/h8-10,12-13H,3-7H2,1-2H3. The molecule has 1 heterocycles. The van der Waals surface area contributed by atoms with Crippen LogP contribution in [-0.4, -0.2) is 16.6 Å². The molecule has 2 rings (SSSR count). The van der Waals surface area contributed by atoms with Crippen LogP contribution < -0.4 is 5.32 Å². The molecule has 0 saturated heterocycles. The first kappa shape index (κ1) is 12.0. The summed E-state index contributed by atoms with van der Waals surface area (Å²) in [6, 6.07) is 0.470. The normalized spacial score (nSPS) is 27.9. The van der Waals surface area contributed by atoms with Crippen LogP contribution in [0.4, 0.5) is 0 Å². The topological polar surface area (TPSA) is 37.8 Å². The lowest BCUT2D eigenvalue weighted by Gasteiger charge is -2.32. The molecular formula is C12H21N3S. The van der Waals surface area contributed by atoms with Crippen LogP contribution in [0.5, 0.6) is 0 Å². The van der Waals surface area contributed by atoms with Gasteiger partial charge in [0.05, 0.1) is 11.1 Å². The van der Waals surface area contributed by atoms with Crippen LogP contribution >= 0.6 is 11.5 Å². The van der Waals surface area contributed by atoms with E-state index in [1.165, 1.54) is 48.5 Å². The van der Waals surface area contributed by atoms with Crippen LogP contribution in [0.2, 0.25) is 0 Å². The quantitative estimate of drug-likeness (QED) is 0.877. The van der Waals surface area contributed by atoms with Crippen LogP contribution in [0.3, 0.4) is 0 Å². The van der Waals surface area contributed by atoms with Gasteiger partial charge in [0, 0.05) is 6.04 Å². The first-order valence-electron chi connectivity index (χ1n) is 6.29. The molecule has 1 aromatic heterocycles. The minimum Gasteiger partial charge on any atom is -0.312 e. The number of nitrogens with one attached hydrogen (secondary N) is 1. The molecule has 1 unspecified atom stereocenters. The number of aromatic nitrogens is 2. The van der Waals surface area contributed by atoms with Crippen LogP contribution in [0.25, 0.3) is 0 Å². The molecule has 1 aliphatic carbocycles. The van der Waals surface area contributed by atoms with Gasteiger partial charge < -0.3 is 5.32 Å². The number of rotatable bonds is 4. The van der Waals surface area contributed by atoms with Gasteiger partial charge in [-0.15, -0.1) is 5.10 Å². The molecule has 1 aromatic rings. The second-order valence-corrected chi connectivity index (χ2v) is 5.59. The summed E-state index contributed by atoms with van der Waals surface area (Å²) in [7, 11) is 2.05. The molecule has 1 N–H and O–H groups in total. The van der Waals surface area contributed by atoms with E-state index in [9.17, 15) is 0 Å². The van der Waals surface area contributed by atoms with E-state index in [0.717, 1.165) is 11.8 Å². The average molecular weight is 239 g/mol. The maximum atomic E-state index is 3.97. The summed E-state index contributed by atoms with van der Waals surface area (Å²) in [5, 5.41) is 7.38. The summed E-state index contributed by atoms with van der Waals surface area (Å²) in [5.74, 6) is 1.74. The lowest BCUT2D eigenvalue weighted by Crippen LogP contribution is -2.28. The van der Waals surface area contributed by atoms with E-state index in [2.05, 4.69) is 28.9 Å². The zero-order valence-corrected chi connectivity index (χ0v) is 11.0. The molecule has 0 spiro atoms. The predicted molar refractivity (Wildman–Crippen MR) is 67.4 cm³/mol. The highest BCUT2D eigenvalue weighted by Crippen LogP contribution is 2.38. The number of nitrogens with zero attached hydrogens (tertiary/aromatic N) is 2. The molecular weight excluding hydrogens is 218 g/mol. The molecule has 0 bridgehead atoms. The molecule has 1 aliphatic rings. The van der Waals surface area contributed by atoms with Crippen LogP contribution in [-0.2, 0) is 0 Å². The maximum absolute atomic E-state index is 3.97. The van der Waals surface area contributed by atoms with E-state index in [1.54, 1.807) is 0 Å². The van der Waals surface area contributed by atoms with Gasteiger partial charge in [0.2, 0.25) is 0 Å². The fourth-order valence-electron chi connectivity index (χ4n) is 2.85. The minimum absolute atomic E-state index is 0.470. The minimum atomic E-state index is 0.470. The van der Waals surface area contributed by atoms with Gasteiger partial charge in [-0.1, -0.05) is 30.7 Å². The Bertz CT molecular complexity index is 291. The number of hydrogen-bond donors (Lipinski definition) is 1. The van der Waals surface area contributed by atoms with Gasteiger partial charge >= 0.3 is 0 Å². The van der Waals surface area contributed by atoms with Crippen molar-refractivity contribution in [1.82, 2.24) is 14.9 Å². The van der Waals surface area contributed by atoms with Crippen molar-refractivity contribution in [2.75, 3.05) is 7.05 Å². The lowest BCUT2D eigenvalue weighted by molar-refractivity contribution is 0.226. The van der Waals surface area contributed by atoms with Gasteiger partial charge in [-0.2, -0.15) is 0 Å².